The molecule has 1 fully saturated rings. The van der Waals surface area contributed by atoms with Crippen LogP contribution in [0.4, 0.5) is 0 Å². The molecule has 0 spiro atoms. The fraction of sp³-hybridized carbons (Fsp3) is 0.478. The summed E-state index contributed by atoms with van der Waals surface area (Å²) in [6, 6.07) is 16.3. The molecule has 1 heterocycles. The van der Waals surface area contributed by atoms with Gasteiger partial charge in [0.25, 0.3) is 0 Å². The molecule has 2 atom stereocenters. The zero-order chi connectivity index (χ0) is 19.9. The Hall–Kier alpha value is -2.24. The van der Waals surface area contributed by atoms with E-state index in [0.29, 0.717) is 19.3 Å². The molecule has 5 nitrogen and oxygen atoms in total. The van der Waals surface area contributed by atoms with Crippen molar-refractivity contribution >= 4 is 0 Å². The molecule has 0 bridgehead atoms. The van der Waals surface area contributed by atoms with Gasteiger partial charge in [-0.25, -0.2) is 0 Å². The first-order valence-corrected chi connectivity index (χ1v) is 9.99. The van der Waals surface area contributed by atoms with Crippen molar-refractivity contribution in [3.63, 3.8) is 0 Å². The normalized spacial score (nSPS) is 18.7. The van der Waals surface area contributed by atoms with Gasteiger partial charge in [-0.05, 0) is 62.7 Å². The minimum Gasteiger partial charge on any atom is -0.497 e. The molecule has 0 radical (unpaired) electrons. The van der Waals surface area contributed by atoms with E-state index in [1.54, 1.807) is 7.11 Å². The average molecular weight is 386 g/mol. The van der Waals surface area contributed by atoms with Gasteiger partial charge in [0.2, 0.25) is 0 Å². The van der Waals surface area contributed by atoms with Crippen LogP contribution in [0.15, 0.2) is 48.5 Å². The van der Waals surface area contributed by atoms with Gasteiger partial charge in [0.1, 0.15) is 23.4 Å². The maximum absolute atomic E-state index is 6.42. The highest BCUT2D eigenvalue weighted by molar-refractivity contribution is 5.33. The Morgan fingerprint density at radius 1 is 1.00 bits per heavy atom. The molecule has 152 valence electrons. The van der Waals surface area contributed by atoms with Gasteiger partial charge < -0.3 is 18.9 Å². The van der Waals surface area contributed by atoms with Gasteiger partial charge in [-0.1, -0.05) is 12.1 Å². The summed E-state index contributed by atoms with van der Waals surface area (Å²) in [6.45, 7) is 9.58. The van der Waals surface area contributed by atoms with Crippen molar-refractivity contribution in [2.75, 3.05) is 33.4 Å². The largest absolute Gasteiger partial charge is 0.497 e. The molecule has 1 aliphatic rings. The summed E-state index contributed by atoms with van der Waals surface area (Å²) in [4.78, 5) is 2.44. The fourth-order valence-electron chi connectivity index (χ4n) is 3.43. The van der Waals surface area contributed by atoms with Gasteiger partial charge >= 0.3 is 0 Å². The van der Waals surface area contributed by atoms with E-state index in [4.69, 9.17) is 18.9 Å². The Balaban J connectivity index is 1.83. The van der Waals surface area contributed by atoms with Crippen molar-refractivity contribution < 1.29 is 18.9 Å². The lowest BCUT2D eigenvalue weighted by molar-refractivity contribution is -0.0885. The maximum Gasteiger partial charge on any atom is 0.151 e. The Kier molecular flexibility index (Phi) is 7.18. The van der Waals surface area contributed by atoms with E-state index in [-0.39, 0.29) is 12.2 Å². The van der Waals surface area contributed by atoms with Gasteiger partial charge in [0, 0.05) is 19.1 Å². The minimum absolute atomic E-state index is 0.0452. The molecule has 0 aliphatic carbocycles. The van der Waals surface area contributed by atoms with Crippen LogP contribution in [0.5, 0.6) is 17.2 Å². The highest BCUT2D eigenvalue weighted by Gasteiger charge is 2.32. The molecule has 1 saturated heterocycles. The predicted octanol–water partition coefficient (Wildman–Crippen LogP) is 4.32. The first-order valence-electron chi connectivity index (χ1n) is 9.99. The number of nitrogens with zero attached hydrogens (tertiary/aromatic N) is 1. The van der Waals surface area contributed by atoms with E-state index < -0.39 is 0 Å². The molecule has 0 aromatic heterocycles. The summed E-state index contributed by atoms with van der Waals surface area (Å²) >= 11 is 0. The van der Waals surface area contributed by atoms with E-state index in [1.807, 2.05) is 43.3 Å². The SMILES string of the molecule is CCOc1ccc(C(Oc2ccc(OC)cc2)C2CN(C(C)C)CCO2)cc1. The third kappa shape index (κ3) is 5.18. The van der Waals surface area contributed by atoms with Crippen LogP contribution in [0.2, 0.25) is 0 Å². The zero-order valence-corrected chi connectivity index (χ0v) is 17.3. The van der Waals surface area contributed by atoms with Crippen LogP contribution in [0.3, 0.4) is 0 Å². The molecule has 5 heteroatoms. The number of ether oxygens (including phenoxy) is 4. The van der Waals surface area contributed by atoms with E-state index in [1.165, 1.54) is 0 Å². The van der Waals surface area contributed by atoms with E-state index in [9.17, 15) is 0 Å². The molecule has 2 unspecified atom stereocenters. The second-order valence-corrected chi connectivity index (χ2v) is 7.21. The Bertz CT molecular complexity index is 714. The maximum atomic E-state index is 6.42. The number of methoxy groups -OCH3 is 1. The van der Waals surface area contributed by atoms with E-state index >= 15 is 0 Å². The smallest absolute Gasteiger partial charge is 0.151 e. The van der Waals surface area contributed by atoms with Gasteiger partial charge in [0.05, 0.1) is 20.3 Å². The van der Waals surface area contributed by atoms with Crippen LogP contribution in [-0.2, 0) is 4.74 Å². The average Bonchev–Trinajstić information content (AvgIpc) is 2.73. The fourth-order valence-corrected chi connectivity index (χ4v) is 3.43. The van der Waals surface area contributed by atoms with Crippen LogP contribution in [-0.4, -0.2) is 50.5 Å². The number of hydrogen-bond donors (Lipinski definition) is 0. The van der Waals surface area contributed by atoms with Crippen molar-refractivity contribution in [3.8, 4) is 17.2 Å². The van der Waals surface area contributed by atoms with Gasteiger partial charge in [0.15, 0.2) is 6.10 Å². The van der Waals surface area contributed by atoms with Gasteiger partial charge in [-0.3, -0.25) is 4.90 Å². The standard InChI is InChI=1S/C23H31NO4/c1-5-26-20-8-6-18(7-9-20)23(22-16-24(17(2)3)14-15-27-22)28-21-12-10-19(25-4)11-13-21/h6-13,17,22-23H,5,14-16H2,1-4H3. The second kappa shape index (κ2) is 9.80. The lowest BCUT2D eigenvalue weighted by Gasteiger charge is -2.39. The van der Waals surface area contributed by atoms with Gasteiger partial charge in [-0.2, -0.15) is 0 Å². The summed E-state index contributed by atoms with van der Waals surface area (Å²) in [5.74, 6) is 2.47. The monoisotopic (exact) mass is 385 g/mol. The quantitative estimate of drug-likeness (QED) is 0.677. The van der Waals surface area contributed by atoms with Crippen molar-refractivity contribution in [3.05, 3.63) is 54.1 Å². The number of morpholine rings is 1. The number of rotatable bonds is 8. The summed E-state index contributed by atoms with van der Waals surface area (Å²) in [5, 5.41) is 0. The molecule has 0 amide bonds. The zero-order valence-electron chi connectivity index (χ0n) is 17.3. The van der Waals surface area contributed by atoms with Crippen LogP contribution in [0, 0.1) is 0 Å². The molecule has 2 aromatic carbocycles. The van der Waals surface area contributed by atoms with Crippen molar-refractivity contribution in [2.45, 2.75) is 39.0 Å². The van der Waals surface area contributed by atoms with Crippen molar-refractivity contribution in [2.24, 2.45) is 0 Å². The predicted molar refractivity (Wildman–Crippen MR) is 110 cm³/mol. The third-order valence-corrected chi connectivity index (χ3v) is 5.03. The molecule has 28 heavy (non-hydrogen) atoms. The highest BCUT2D eigenvalue weighted by atomic mass is 16.5. The molecular weight excluding hydrogens is 354 g/mol. The van der Waals surface area contributed by atoms with Crippen molar-refractivity contribution in [1.29, 1.82) is 0 Å². The first kappa shape index (κ1) is 20.5. The summed E-state index contributed by atoms with van der Waals surface area (Å²) in [7, 11) is 1.66. The van der Waals surface area contributed by atoms with Crippen LogP contribution < -0.4 is 14.2 Å². The topological polar surface area (TPSA) is 40.2 Å². The van der Waals surface area contributed by atoms with Crippen LogP contribution in [0.25, 0.3) is 0 Å². The first-order chi connectivity index (χ1) is 13.6. The Morgan fingerprint density at radius 2 is 1.64 bits per heavy atom. The summed E-state index contributed by atoms with van der Waals surface area (Å²) in [6.07, 6.45) is -0.248. The van der Waals surface area contributed by atoms with E-state index in [2.05, 4.69) is 30.9 Å². The van der Waals surface area contributed by atoms with E-state index in [0.717, 1.165) is 35.9 Å². The molecule has 0 N–H and O–H groups in total. The molecule has 0 saturated carbocycles. The minimum atomic E-state index is -0.203. The van der Waals surface area contributed by atoms with Crippen molar-refractivity contribution in [1.82, 2.24) is 4.90 Å². The molecular formula is C23H31NO4. The second-order valence-electron chi connectivity index (χ2n) is 7.21. The Morgan fingerprint density at radius 3 is 2.25 bits per heavy atom. The Labute approximate surface area is 168 Å². The molecule has 2 aromatic rings. The lowest BCUT2D eigenvalue weighted by atomic mass is 10.0. The lowest BCUT2D eigenvalue weighted by Crippen LogP contribution is -2.48. The van der Waals surface area contributed by atoms with Crippen LogP contribution in [0.1, 0.15) is 32.4 Å². The molecule has 3 rings (SSSR count). The number of hydrogen-bond acceptors (Lipinski definition) is 5. The van der Waals surface area contributed by atoms with Crippen LogP contribution >= 0.6 is 0 Å². The molecule has 1 aliphatic heterocycles. The summed E-state index contributed by atoms with van der Waals surface area (Å²) < 4.78 is 23.4. The number of benzene rings is 2. The third-order valence-electron chi connectivity index (χ3n) is 5.03. The highest BCUT2D eigenvalue weighted by Crippen LogP contribution is 2.31. The van der Waals surface area contributed by atoms with Gasteiger partial charge in [-0.15, -0.1) is 0 Å². The summed E-state index contributed by atoms with van der Waals surface area (Å²) in [5.41, 5.74) is 1.08.